The molecule has 0 fully saturated rings. The lowest BCUT2D eigenvalue weighted by Gasteiger charge is -2.19. The Balaban J connectivity index is 1.99. The zero-order valence-corrected chi connectivity index (χ0v) is 17.7. The molecule has 2 atom stereocenters. The second-order valence-corrected chi connectivity index (χ2v) is 6.91. The van der Waals surface area contributed by atoms with Crippen LogP contribution in [0.1, 0.15) is 34.0 Å². The monoisotopic (exact) mass is 434 g/mol. The Hall–Kier alpha value is -3.66. The first-order valence-electron chi connectivity index (χ1n) is 9.99. The van der Waals surface area contributed by atoms with E-state index in [1.54, 1.807) is 24.3 Å². The number of carbonyl (C=O) groups is 2. The van der Waals surface area contributed by atoms with Crippen molar-refractivity contribution in [2.45, 2.75) is 25.6 Å². The molecule has 0 aliphatic rings. The molecule has 0 saturated heterocycles. The number of aliphatic hydroxyl groups is 1. The average molecular weight is 434 g/mol. The van der Waals surface area contributed by atoms with E-state index in [1.807, 2.05) is 24.3 Å². The Labute approximate surface area is 187 Å². The first-order chi connectivity index (χ1) is 15.4. The molecule has 0 saturated carbocycles. The van der Waals surface area contributed by atoms with E-state index >= 15 is 0 Å². The van der Waals surface area contributed by atoms with Crippen molar-refractivity contribution in [2.24, 2.45) is 5.73 Å². The number of benzene rings is 2. The van der Waals surface area contributed by atoms with Crippen LogP contribution < -0.4 is 21.8 Å². The van der Waals surface area contributed by atoms with E-state index in [-0.39, 0.29) is 5.56 Å². The normalized spacial score (nSPS) is 11.8. The number of carbonyl (C=O) groups excluding carboxylic acids is 2. The summed E-state index contributed by atoms with van der Waals surface area (Å²) in [5.41, 5.74) is 9.79. The van der Waals surface area contributed by atoms with Gasteiger partial charge in [0.05, 0.1) is 6.10 Å². The molecule has 2 amide bonds. The molecule has 2 aromatic rings. The lowest BCUT2D eigenvalue weighted by Crippen LogP contribution is -2.51. The fraction of sp³-hybridized carbons (Fsp3) is 0.250. The molecular formula is C24H26N4O4. The summed E-state index contributed by atoms with van der Waals surface area (Å²) in [7, 11) is 0. The van der Waals surface area contributed by atoms with Crippen molar-refractivity contribution in [1.82, 2.24) is 16.1 Å². The fourth-order valence-electron chi connectivity index (χ4n) is 2.70. The molecule has 0 bridgehead atoms. The molecule has 2 aromatic carbocycles. The van der Waals surface area contributed by atoms with E-state index < -0.39 is 24.0 Å². The van der Waals surface area contributed by atoms with Crippen molar-refractivity contribution in [2.75, 3.05) is 13.1 Å². The zero-order valence-electron chi connectivity index (χ0n) is 17.7. The second-order valence-electron chi connectivity index (χ2n) is 6.91. The molecule has 0 spiro atoms. The quantitative estimate of drug-likeness (QED) is 0.151. The number of aliphatic hydroxyl groups excluding tert-OH is 1. The van der Waals surface area contributed by atoms with E-state index in [0.717, 1.165) is 24.2 Å². The second kappa shape index (κ2) is 12.9. The number of hydrogen-bond acceptors (Lipinski definition) is 6. The largest absolute Gasteiger partial charge is 0.391 e. The number of nitrogens with two attached hydrogens (primary N) is 1. The number of rotatable bonds is 8. The van der Waals surface area contributed by atoms with Crippen LogP contribution in [-0.4, -0.2) is 47.4 Å². The van der Waals surface area contributed by atoms with E-state index in [9.17, 15) is 14.7 Å². The Morgan fingerprint density at radius 1 is 1.06 bits per heavy atom. The van der Waals surface area contributed by atoms with Gasteiger partial charge in [-0.15, -0.1) is 0 Å². The smallest absolute Gasteiger partial charge is 0.268 e. The Morgan fingerprint density at radius 3 is 2.38 bits per heavy atom. The third-order valence-electron chi connectivity index (χ3n) is 4.36. The van der Waals surface area contributed by atoms with Gasteiger partial charge in [-0.2, -0.15) is 0 Å². The zero-order chi connectivity index (χ0) is 23.3. The van der Waals surface area contributed by atoms with Crippen LogP contribution >= 0.6 is 0 Å². The SMILES string of the molecule is C[C@@H](O)[C@H](NC(=O)c1ccc(C#CC#Cc2cccc(CNCCN)c2)cc1)C(=O)NO. The van der Waals surface area contributed by atoms with Crippen LogP contribution in [0.3, 0.4) is 0 Å². The van der Waals surface area contributed by atoms with Crippen molar-refractivity contribution in [3.8, 4) is 23.7 Å². The number of hydroxylamine groups is 1. The van der Waals surface area contributed by atoms with Gasteiger partial charge < -0.3 is 21.5 Å². The minimum atomic E-state index is -1.28. The van der Waals surface area contributed by atoms with E-state index in [1.165, 1.54) is 12.4 Å². The summed E-state index contributed by atoms with van der Waals surface area (Å²) in [4.78, 5) is 23.8. The summed E-state index contributed by atoms with van der Waals surface area (Å²) in [6.45, 7) is 3.39. The Morgan fingerprint density at radius 2 is 1.75 bits per heavy atom. The maximum absolute atomic E-state index is 12.3. The maximum Gasteiger partial charge on any atom is 0.268 e. The van der Waals surface area contributed by atoms with Crippen LogP contribution in [0.2, 0.25) is 0 Å². The molecule has 8 heteroatoms. The Kier molecular flexibility index (Phi) is 9.92. The highest BCUT2D eigenvalue weighted by Gasteiger charge is 2.25. The van der Waals surface area contributed by atoms with E-state index in [4.69, 9.17) is 10.9 Å². The molecular weight excluding hydrogens is 408 g/mol. The fourth-order valence-corrected chi connectivity index (χ4v) is 2.70. The summed E-state index contributed by atoms with van der Waals surface area (Å²) < 4.78 is 0. The topological polar surface area (TPSA) is 137 Å². The summed E-state index contributed by atoms with van der Waals surface area (Å²) in [6, 6.07) is 13.0. The van der Waals surface area contributed by atoms with Gasteiger partial charge in [-0.25, -0.2) is 5.48 Å². The Bertz CT molecular complexity index is 1040. The van der Waals surface area contributed by atoms with Crippen molar-refractivity contribution in [3.63, 3.8) is 0 Å². The third kappa shape index (κ3) is 7.88. The number of hydrogen-bond donors (Lipinski definition) is 6. The summed E-state index contributed by atoms with van der Waals surface area (Å²) in [5.74, 6) is 10.0. The minimum Gasteiger partial charge on any atom is -0.391 e. The van der Waals surface area contributed by atoms with Crippen molar-refractivity contribution >= 4 is 11.8 Å². The molecule has 32 heavy (non-hydrogen) atoms. The summed E-state index contributed by atoms with van der Waals surface area (Å²) in [5, 5.41) is 23.9. The number of nitrogens with one attached hydrogen (secondary N) is 3. The van der Waals surface area contributed by atoms with Crippen LogP contribution in [0.25, 0.3) is 0 Å². The third-order valence-corrected chi connectivity index (χ3v) is 4.36. The van der Waals surface area contributed by atoms with E-state index in [0.29, 0.717) is 12.1 Å². The maximum atomic E-state index is 12.3. The molecule has 166 valence electrons. The van der Waals surface area contributed by atoms with Crippen LogP contribution in [0, 0.1) is 23.7 Å². The van der Waals surface area contributed by atoms with Gasteiger partial charge in [0.1, 0.15) is 6.04 Å². The molecule has 0 radical (unpaired) electrons. The first kappa shape index (κ1) is 24.6. The lowest BCUT2D eigenvalue weighted by molar-refractivity contribution is -0.133. The lowest BCUT2D eigenvalue weighted by atomic mass is 10.1. The van der Waals surface area contributed by atoms with Gasteiger partial charge in [0.15, 0.2) is 0 Å². The predicted molar refractivity (Wildman–Crippen MR) is 120 cm³/mol. The van der Waals surface area contributed by atoms with Crippen LogP contribution in [0.5, 0.6) is 0 Å². The number of amides is 2. The highest BCUT2D eigenvalue weighted by Crippen LogP contribution is 2.06. The van der Waals surface area contributed by atoms with E-state index in [2.05, 4.69) is 34.3 Å². The average Bonchev–Trinajstić information content (AvgIpc) is 2.80. The van der Waals surface area contributed by atoms with Gasteiger partial charge in [0.2, 0.25) is 0 Å². The summed E-state index contributed by atoms with van der Waals surface area (Å²) in [6.07, 6.45) is -1.18. The van der Waals surface area contributed by atoms with Crippen LogP contribution in [-0.2, 0) is 11.3 Å². The van der Waals surface area contributed by atoms with Gasteiger partial charge >= 0.3 is 0 Å². The first-order valence-corrected chi connectivity index (χ1v) is 9.99. The molecule has 0 aliphatic carbocycles. The van der Waals surface area contributed by atoms with Crippen molar-refractivity contribution in [1.29, 1.82) is 0 Å². The standard InChI is InChI=1S/C24H26N4O4/c1-17(29)22(24(31)28-32)27-23(30)21-11-9-18(10-12-21)5-2-3-6-19-7-4-8-20(15-19)16-26-14-13-25/h4,7-12,15,17,22,26,29,32H,13-14,16,25H2,1H3,(H,27,30)(H,28,31)/t17-,22+/m1/s1. The molecule has 8 nitrogen and oxygen atoms in total. The highest BCUT2D eigenvalue weighted by atomic mass is 16.5. The van der Waals surface area contributed by atoms with Crippen LogP contribution in [0.4, 0.5) is 0 Å². The van der Waals surface area contributed by atoms with Gasteiger partial charge in [-0.1, -0.05) is 24.0 Å². The van der Waals surface area contributed by atoms with Crippen LogP contribution in [0.15, 0.2) is 48.5 Å². The molecule has 2 rings (SSSR count). The predicted octanol–water partition coefficient (Wildman–Crippen LogP) is 0.123. The molecule has 0 heterocycles. The van der Waals surface area contributed by atoms with Crippen molar-refractivity contribution in [3.05, 3.63) is 70.8 Å². The van der Waals surface area contributed by atoms with Gasteiger partial charge in [0, 0.05) is 36.3 Å². The van der Waals surface area contributed by atoms with Crippen molar-refractivity contribution < 1.29 is 19.9 Å². The molecule has 0 unspecified atom stereocenters. The highest BCUT2D eigenvalue weighted by molar-refractivity contribution is 5.97. The molecule has 7 N–H and O–H groups in total. The molecule has 0 aliphatic heterocycles. The molecule has 0 aromatic heterocycles. The summed E-state index contributed by atoms with van der Waals surface area (Å²) >= 11 is 0. The van der Waals surface area contributed by atoms with Gasteiger partial charge in [-0.05, 0) is 60.7 Å². The van der Waals surface area contributed by atoms with Gasteiger partial charge in [0.25, 0.3) is 11.8 Å². The minimum absolute atomic E-state index is 0.276. The van der Waals surface area contributed by atoms with Gasteiger partial charge in [-0.3, -0.25) is 14.8 Å².